The molecule has 0 radical (unpaired) electrons. The van der Waals surface area contributed by atoms with Crippen molar-refractivity contribution in [2.24, 2.45) is 0 Å². The number of hydrogen-bond donors (Lipinski definition) is 20. The van der Waals surface area contributed by atoms with Crippen LogP contribution in [0, 0.1) is 10.5 Å². The highest BCUT2D eigenvalue weighted by molar-refractivity contribution is 14.1. The van der Waals surface area contributed by atoms with E-state index in [0.717, 1.165) is 18.3 Å². The second-order valence-corrected chi connectivity index (χ2v) is 34.7. The molecule has 0 aliphatic carbocycles. The molecule has 4 saturated heterocycles. The normalized spacial score (nSPS) is 27.2. The highest BCUT2D eigenvalue weighted by Crippen LogP contribution is 2.43. The molecule has 0 bridgehead atoms. The summed E-state index contributed by atoms with van der Waals surface area (Å²) in [7, 11) is -21.2. The fourth-order valence-electron chi connectivity index (χ4n) is 8.99. The Hall–Kier alpha value is -4.74. The summed E-state index contributed by atoms with van der Waals surface area (Å²) in [6, 6.07) is 0. The molecule has 0 aromatic carbocycles. The summed E-state index contributed by atoms with van der Waals surface area (Å²) in [5, 5.41) is 82.5. The van der Waals surface area contributed by atoms with Crippen LogP contribution in [0.15, 0.2) is 44.0 Å². The van der Waals surface area contributed by atoms with Gasteiger partial charge in [0.05, 0.1) is 36.6 Å². The Bertz CT molecular complexity index is 3850. The summed E-state index contributed by atoms with van der Waals surface area (Å²) in [6.07, 6.45) is -16.8. The molecule has 0 saturated carbocycles. The minimum absolute atomic E-state index is 0.0104. The number of nitrogens with one attached hydrogen (secondary N) is 1. The van der Waals surface area contributed by atoms with Crippen LogP contribution in [-0.4, -0.2) is 232 Å². The Morgan fingerprint density at radius 3 is 1.15 bits per heavy atom. The average molecular weight is 1650 g/mol. The number of rotatable bonds is 21. The van der Waals surface area contributed by atoms with E-state index in [0.29, 0.717) is 26.7 Å². The van der Waals surface area contributed by atoms with Gasteiger partial charge in [-0.3, -0.25) is 41.2 Å². The van der Waals surface area contributed by atoms with Crippen LogP contribution in [0.4, 0.5) is 23.3 Å². The Morgan fingerprint density at radius 1 is 0.530 bits per heavy atom. The zero-order valence-corrected chi connectivity index (χ0v) is 60.5. The quantitative estimate of drug-likeness (QED) is 0.0210. The predicted octanol–water partition coefficient (Wildman–Crippen LogP) is -5.41. The van der Waals surface area contributed by atoms with Crippen LogP contribution < -0.4 is 45.3 Å². The maximum absolute atomic E-state index is 12.3. The van der Waals surface area contributed by atoms with Crippen molar-refractivity contribution < 1.29 is 145 Å². The molecule has 4 aliphatic heterocycles. The van der Waals surface area contributed by atoms with E-state index in [1.54, 1.807) is 13.8 Å². The third-order valence-corrected chi connectivity index (χ3v) is 22.6. The summed E-state index contributed by atoms with van der Waals surface area (Å²) in [5.41, 5.74) is 14.9. The second kappa shape index (κ2) is 34.4. The lowest BCUT2D eigenvalue weighted by Crippen LogP contribution is -2.41. The van der Waals surface area contributed by atoms with Crippen molar-refractivity contribution in [2.75, 3.05) is 48.9 Å². The minimum atomic E-state index is -4.80. The number of nitrogens with two attached hydrogens (primary N) is 3. The van der Waals surface area contributed by atoms with Gasteiger partial charge < -0.3 is 126 Å². The standard InChI is InChI=1S/C16H30N3O9PSi.C13H20N3O9P.C10H16N3O8P.C9H13IN3O8P/c1-16(2,3)30(4,5)27-7-9-6-19(15(22)18-13(9)17)14-12(21)11(20)10(28-14)8-26-29(23,24)25;1-3-7-4-16(13(20)15-11(7)14-6(2)17)12-10(19)9(18)8(25-12)5-24-26(21,22)23;1-4-2-13(10(16)12-8(4)11)9-7(15)6(14)5(21-9)3-20-22(17,18)19;10-3-1-13(9(16)12-7(3)11)8-6(15)5(14)4(21-8)2-20-22(17,18)19/h6,10-12,14,20-21H,7-8H2,1-5H3,(H2,17,18,22)(H2,23,24,25);4,8-10,12,18-19H,3,5H2,1-2H3,(H2,21,22,23)(H,14,15,17,20);2,5-7,9,14-15H,3H2,1H3,(H2,11,12,16)(H2,17,18,19);1,4-6,8,14-15H,2H2,(H2,11,12,16)(H2,17,18,19)/t10-,11-,12-,14-;8-,9-,10-,12-;5-,6-,7-,9-;4-,5-,6-,8-/m1111/s1. The maximum atomic E-state index is 12.3. The molecular weight excluding hydrogens is 1570 g/mol. The lowest BCUT2D eigenvalue weighted by Gasteiger charge is -2.36. The van der Waals surface area contributed by atoms with E-state index in [1.165, 1.54) is 31.7 Å². The van der Waals surface area contributed by atoms with Crippen LogP contribution in [0.3, 0.4) is 0 Å². The molecule has 4 aromatic heterocycles. The Kier molecular flexibility index (Phi) is 29.6. The number of phosphoric acid groups is 4. The van der Waals surface area contributed by atoms with Gasteiger partial charge in [0, 0.05) is 48.4 Å². The van der Waals surface area contributed by atoms with E-state index in [2.05, 4.69) is 77.2 Å². The number of aliphatic hydroxyl groups is 8. The van der Waals surface area contributed by atoms with E-state index in [-0.39, 0.29) is 34.9 Å². The Labute approximate surface area is 578 Å². The third-order valence-electron chi connectivity index (χ3n) is 15.3. The van der Waals surface area contributed by atoms with Crippen molar-refractivity contribution in [3.05, 3.63) is 87.0 Å². The predicted molar refractivity (Wildman–Crippen MR) is 346 cm³/mol. The number of phosphoric ester groups is 4. The van der Waals surface area contributed by atoms with Crippen molar-refractivity contribution in [1.82, 2.24) is 38.2 Å². The molecule has 8 heterocycles. The van der Waals surface area contributed by atoms with Gasteiger partial charge >= 0.3 is 54.0 Å². The highest BCUT2D eigenvalue weighted by Gasteiger charge is 2.49. The van der Waals surface area contributed by atoms with Gasteiger partial charge in [-0.05, 0) is 54.1 Å². The summed E-state index contributed by atoms with van der Waals surface area (Å²) in [6.45, 7) is 12.3. The first-order valence-electron chi connectivity index (χ1n) is 28.9. The van der Waals surface area contributed by atoms with E-state index in [9.17, 15) is 83.1 Å². The molecule has 566 valence electrons. The van der Waals surface area contributed by atoms with Crippen LogP contribution >= 0.6 is 53.9 Å². The van der Waals surface area contributed by atoms with E-state index >= 15 is 0 Å². The number of ether oxygens (including phenoxy) is 4. The molecular formula is C48H79IN12O34P4Si. The molecule has 4 aromatic rings. The van der Waals surface area contributed by atoms with E-state index in [4.69, 9.17) is 79.7 Å². The number of aryl methyl sites for hydroxylation is 2. The molecule has 46 nitrogen and oxygen atoms in total. The zero-order valence-electron chi connectivity index (χ0n) is 53.8. The first kappa shape index (κ1) is 85.9. The van der Waals surface area contributed by atoms with Crippen molar-refractivity contribution >= 4 is 91.4 Å². The van der Waals surface area contributed by atoms with Gasteiger partial charge in [0.15, 0.2) is 33.2 Å². The summed E-state index contributed by atoms with van der Waals surface area (Å²) < 4.78 is 91.6. The molecule has 4 fully saturated rings. The van der Waals surface area contributed by atoms with Gasteiger partial charge in [-0.15, -0.1) is 0 Å². The first-order valence-corrected chi connectivity index (χ1v) is 39.0. The molecule has 23 N–H and O–H groups in total. The third kappa shape index (κ3) is 23.4. The molecule has 0 unspecified atom stereocenters. The number of carbonyl (C=O) groups excluding carboxylic acids is 1. The van der Waals surface area contributed by atoms with Crippen molar-refractivity contribution in [1.29, 1.82) is 0 Å². The summed E-state index contributed by atoms with van der Waals surface area (Å²) >= 11 is 1.82. The molecule has 16 atom stereocenters. The number of nitrogens with zero attached hydrogens (tertiary/aromatic N) is 8. The number of hydrogen-bond acceptors (Lipinski definition) is 33. The second-order valence-electron chi connectivity index (χ2n) is 23.7. The van der Waals surface area contributed by atoms with Crippen molar-refractivity contribution in [3.8, 4) is 0 Å². The number of halogens is 1. The van der Waals surface area contributed by atoms with Gasteiger partial charge in [0.2, 0.25) is 5.91 Å². The van der Waals surface area contributed by atoms with E-state index < -0.39 is 193 Å². The Morgan fingerprint density at radius 2 is 0.830 bits per heavy atom. The number of nitrogen functional groups attached to an aromatic ring is 3. The van der Waals surface area contributed by atoms with Gasteiger partial charge in [0.25, 0.3) is 0 Å². The lowest BCUT2D eigenvalue weighted by atomic mass is 10.1. The number of carbonyl (C=O) groups is 1. The number of anilines is 4. The molecule has 0 spiro atoms. The first-order chi connectivity index (χ1) is 45.8. The molecule has 4 aliphatic rings. The van der Waals surface area contributed by atoms with Gasteiger partial charge in [-0.2, -0.15) is 19.9 Å². The average Bonchev–Trinajstić information content (AvgIpc) is 1.64. The van der Waals surface area contributed by atoms with E-state index in [1.807, 2.05) is 22.6 Å². The van der Waals surface area contributed by atoms with Gasteiger partial charge in [-0.25, -0.2) is 37.4 Å². The lowest BCUT2D eigenvalue weighted by molar-refractivity contribution is -0.114. The maximum Gasteiger partial charge on any atom is 0.469 e. The largest absolute Gasteiger partial charge is 0.469 e. The van der Waals surface area contributed by atoms with Gasteiger partial charge in [-0.1, -0.05) is 27.7 Å². The van der Waals surface area contributed by atoms with Crippen LogP contribution in [-0.2, 0) is 77.6 Å². The smallest absolute Gasteiger partial charge is 0.412 e. The number of aromatic nitrogens is 8. The summed E-state index contributed by atoms with van der Waals surface area (Å²) in [4.78, 5) is 143. The summed E-state index contributed by atoms with van der Waals surface area (Å²) in [5.74, 6) is -0.321. The number of aliphatic hydroxyl groups excluding tert-OH is 8. The zero-order chi connectivity index (χ0) is 76.0. The monoisotopic (exact) mass is 1650 g/mol. The molecule has 100 heavy (non-hydrogen) atoms. The topological polar surface area (TPSA) is 722 Å². The van der Waals surface area contributed by atoms with Crippen LogP contribution in [0.25, 0.3) is 0 Å². The fraction of sp³-hybridized carbons (Fsp3) is 0.646. The van der Waals surface area contributed by atoms with Gasteiger partial charge in [0.1, 0.15) is 96.5 Å². The Balaban J connectivity index is 0.000000242. The van der Waals surface area contributed by atoms with Crippen LogP contribution in [0.2, 0.25) is 18.1 Å². The van der Waals surface area contributed by atoms with Crippen molar-refractivity contribution in [3.63, 3.8) is 0 Å². The molecule has 8 rings (SSSR count). The fourth-order valence-corrected chi connectivity index (χ4v) is 11.7. The van der Waals surface area contributed by atoms with Crippen LogP contribution in [0.1, 0.15) is 76.2 Å². The van der Waals surface area contributed by atoms with Crippen LogP contribution in [0.5, 0.6) is 0 Å². The molecule has 52 heteroatoms. The minimum Gasteiger partial charge on any atom is -0.412 e. The highest BCUT2D eigenvalue weighted by atomic mass is 127. The molecule has 1 amide bonds. The number of amides is 1. The SMILES string of the molecule is CC(C)(C)[Si](C)(C)OCc1cn([C@@H]2O[C@H](COP(=O)(O)O)[C@@H](O)[C@H]2O)c(=O)nc1N.CCc1cn([C@@H]2O[C@H](COP(=O)(O)O)[C@@H](O)[C@H]2O)c(=O)nc1NC(C)=O.Cc1cn([C@@H]2O[C@H](COP(=O)(O)O)[C@@H](O)[C@H]2O)c(=O)nc1N.Nc1nc(=O)n([C@@H]2O[C@H](COP(=O)(O)O)[C@@H](O)[C@H]2O)cc1I. The van der Waals surface area contributed by atoms with Crippen molar-refractivity contribution in [2.45, 2.75) is 171 Å².